The number of nitrogens with one attached hydrogen (secondary N) is 1. The number of esters is 1. The fourth-order valence-corrected chi connectivity index (χ4v) is 3.69. The number of benzene rings is 1. The molecule has 10 nitrogen and oxygen atoms in total. The minimum absolute atomic E-state index is 0.0218. The van der Waals surface area contributed by atoms with E-state index >= 15 is 0 Å². The number of alkyl halides is 3. The van der Waals surface area contributed by atoms with Crippen LogP contribution in [0.1, 0.15) is 51.2 Å². The van der Waals surface area contributed by atoms with E-state index in [1.807, 2.05) is 26.4 Å². The standard InChI is InChI=1S/C22H29ClF3N3O7/c1-21(2,3)15-11-17-13(10-16(15)23)9-14(19(36-17)22(24,25)26)20(32)34-12-35-27-29(33)28(4)8-6-5-7-18(30)31/h9-11,19,27,33H,5-8,12H2,1-4H3,(H,30,31)/t19-/m0/s1. The number of carbonyl (C=O) groups excluding carboxylic acids is 1. The van der Waals surface area contributed by atoms with Crippen LogP contribution < -0.4 is 10.3 Å². The fraction of sp³-hybridized carbons (Fsp3) is 0.545. The van der Waals surface area contributed by atoms with E-state index < -0.39 is 42.0 Å². The van der Waals surface area contributed by atoms with Crippen LogP contribution in [-0.4, -0.2) is 65.2 Å². The summed E-state index contributed by atoms with van der Waals surface area (Å²) in [5.74, 6) is -2.34. The predicted molar refractivity (Wildman–Crippen MR) is 122 cm³/mol. The van der Waals surface area contributed by atoms with Gasteiger partial charge in [-0.2, -0.15) is 13.2 Å². The molecule has 1 aromatic carbocycles. The predicted octanol–water partition coefficient (Wildman–Crippen LogP) is 4.07. The Balaban J connectivity index is 2.01. The first-order valence-corrected chi connectivity index (χ1v) is 11.2. The van der Waals surface area contributed by atoms with Gasteiger partial charge in [0, 0.05) is 30.6 Å². The maximum absolute atomic E-state index is 13.7. The van der Waals surface area contributed by atoms with Gasteiger partial charge >= 0.3 is 18.1 Å². The summed E-state index contributed by atoms with van der Waals surface area (Å²) in [6, 6.07) is 2.85. The van der Waals surface area contributed by atoms with Crippen LogP contribution in [0.2, 0.25) is 5.02 Å². The molecule has 0 amide bonds. The van der Waals surface area contributed by atoms with Gasteiger partial charge in [0.05, 0.1) is 5.57 Å². The van der Waals surface area contributed by atoms with E-state index in [4.69, 9.17) is 31.0 Å². The zero-order chi connectivity index (χ0) is 27.3. The number of rotatable bonds is 11. The smallest absolute Gasteiger partial charge is 0.430 e. The van der Waals surface area contributed by atoms with Crippen molar-refractivity contribution in [3.05, 3.63) is 33.9 Å². The summed E-state index contributed by atoms with van der Waals surface area (Å²) in [6.07, 6.45) is -5.65. The summed E-state index contributed by atoms with van der Waals surface area (Å²) in [6.45, 7) is 4.96. The number of carboxylic acid groups (broad SMARTS) is 1. The second-order valence-electron chi connectivity index (χ2n) is 9.07. The molecule has 0 aliphatic carbocycles. The molecular weight excluding hydrogens is 511 g/mol. The Labute approximate surface area is 211 Å². The molecule has 0 fully saturated rings. The lowest BCUT2D eigenvalue weighted by Crippen LogP contribution is -2.47. The maximum atomic E-state index is 13.7. The molecular formula is C22H29ClF3N3O7. The average molecular weight is 540 g/mol. The summed E-state index contributed by atoms with van der Waals surface area (Å²) < 4.78 is 51.0. The van der Waals surface area contributed by atoms with Crippen LogP contribution in [0.25, 0.3) is 6.08 Å². The molecule has 0 aromatic heterocycles. The van der Waals surface area contributed by atoms with Crippen molar-refractivity contribution in [3.8, 4) is 5.75 Å². The van der Waals surface area contributed by atoms with Gasteiger partial charge in [-0.1, -0.05) is 38.0 Å². The normalized spacial score (nSPS) is 16.0. The van der Waals surface area contributed by atoms with E-state index in [9.17, 15) is 28.0 Å². The summed E-state index contributed by atoms with van der Waals surface area (Å²) >= 11 is 6.30. The van der Waals surface area contributed by atoms with Crippen molar-refractivity contribution < 1.29 is 47.4 Å². The van der Waals surface area contributed by atoms with Gasteiger partial charge in [0.1, 0.15) is 5.75 Å². The molecule has 1 aliphatic rings. The average Bonchev–Trinajstić information content (AvgIpc) is 2.76. The van der Waals surface area contributed by atoms with Gasteiger partial charge in [0.25, 0.3) is 0 Å². The third-order valence-electron chi connectivity index (χ3n) is 5.12. The molecule has 0 saturated carbocycles. The van der Waals surface area contributed by atoms with E-state index in [-0.39, 0.29) is 24.3 Å². The Morgan fingerprint density at radius 2 is 1.89 bits per heavy atom. The van der Waals surface area contributed by atoms with E-state index in [2.05, 4.69) is 0 Å². The Bertz CT molecular complexity index is 983. The highest BCUT2D eigenvalue weighted by molar-refractivity contribution is 6.31. The molecule has 0 radical (unpaired) electrons. The van der Waals surface area contributed by atoms with E-state index in [0.717, 1.165) is 6.08 Å². The topological polar surface area (TPSA) is 121 Å². The van der Waals surface area contributed by atoms with Crippen LogP contribution in [0.3, 0.4) is 0 Å². The third-order valence-corrected chi connectivity index (χ3v) is 5.43. The third kappa shape index (κ3) is 8.32. The van der Waals surface area contributed by atoms with Crippen LogP contribution in [-0.2, 0) is 24.6 Å². The zero-order valence-electron chi connectivity index (χ0n) is 20.2. The Hall–Kier alpha value is -2.42. The summed E-state index contributed by atoms with van der Waals surface area (Å²) in [5, 5.41) is 20.3. The van der Waals surface area contributed by atoms with Crippen molar-refractivity contribution in [2.45, 2.75) is 57.7 Å². The SMILES string of the molecule is CN(CCCCC(=O)O)N(O)NOCOC(=O)C1=Cc2cc(Cl)c(C(C)(C)C)cc2O[C@@H]1C(F)(F)F. The first-order valence-electron chi connectivity index (χ1n) is 10.9. The molecule has 202 valence electrons. The molecule has 0 saturated heterocycles. The summed E-state index contributed by atoms with van der Waals surface area (Å²) in [4.78, 5) is 27.7. The molecule has 3 N–H and O–H groups in total. The number of fused-ring (bicyclic) bond motifs is 1. The lowest BCUT2D eigenvalue weighted by molar-refractivity contribution is -0.347. The fourth-order valence-electron chi connectivity index (χ4n) is 3.23. The number of aliphatic carboxylic acids is 1. The number of hydrazine groups is 2. The van der Waals surface area contributed by atoms with Gasteiger partial charge in [-0.25, -0.2) is 14.6 Å². The van der Waals surface area contributed by atoms with Crippen molar-refractivity contribution in [3.63, 3.8) is 0 Å². The minimum Gasteiger partial charge on any atom is -0.481 e. The molecule has 0 bridgehead atoms. The van der Waals surface area contributed by atoms with Crippen LogP contribution in [0.5, 0.6) is 5.75 Å². The first kappa shape index (κ1) is 29.8. The van der Waals surface area contributed by atoms with Gasteiger partial charge in [0.15, 0.2) is 0 Å². The van der Waals surface area contributed by atoms with Gasteiger partial charge < -0.3 is 14.6 Å². The van der Waals surface area contributed by atoms with Crippen LogP contribution in [0.15, 0.2) is 17.7 Å². The number of hydrogen-bond donors (Lipinski definition) is 3. The van der Waals surface area contributed by atoms with Crippen LogP contribution in [0.4, 0.5) is 13.2 Å². The molecule has 0 unspecified atom stereocenters. The Morgan fingerprint density at radius 3 is 2.47 bits per heavy atom. The number of halogens is 4. The minimum atomic E-state index is -4.91. The van der Waals surface area contributed by atoms with Gasteiger partial charge in [-0.15, -0.1) is 0 Å². The number of unbranched alkanes of at least 4 members (excludes halogenated alkanes) is 1. The summed E-state index contributed by atoms with van der Waals surface area (Å²) in [5.41, 5.74) is 1.53. The molecule has 14 heteroatoms. The first-order chi connectivity index (χ1) is 16.6. The van der Waals surface area contributed by atoms with Gasteiger partial charge in [-0.3, -0.25) is 10.0 Å². The molecule has 1 aliphatic heterocycles. The van der Waals surface area contributed by atoms with Crippen molar-refractivity contribution in [2.75, 3.05) is 20.4 Å². The Kier molecular flexibility index (Phi) is 10.1. The van der Waals surface area contributed by atoms with Crippen molar-refractivity contribution in [1.82, 2.24) is 15.9 Å². The number of hydrogen-bond acceptors (Lipinski definition) is 9. The van der Waals surface area contributed by atoms with Crippen LogP contribution >= 0.6 is 11.6 Å². The second-order valence-corrected chi connectivity index (χ2v) is 9.47. The lowest BCUT2D eigenvalue weighted by Gasteiger charge is -2.30. The number of carboxylic acids is 1. The highest BCUT2D eigenvalue weighted by Crippen LogP contribution is 2.42. The van der Waals surface area contributed by atoms with Crippen LogP contribution in [0, 0.1) is 0 Å². The number of nitrogens with zero attached hydrogens (tertiary/aromatic N) is 2. The molecule has 36 heavy (non-hydrogen) atoms. The highest BCUT2D eigenvalue weighted by atomic mass is 35.5. The Morgan fingerprint density at radius 1 is 1.22 bits per heavy atom. The molecule has 1 atom stereocenters. The van der Waals surface area contributed by atoms with Gasteiger partial charge in [-0.05, 0) is 47.3 Å². The molecule has 1 aromatic rings. The monoisotopic (exact) mass is 539 g/mol. The van der Waals surface area contributed by atoms with E-state index in [0.29, 0.717) is 28.7 Å². The maximum Gasteiger partial charge on any atom is 0.430 e. The number of carbonyl (C=O) groups is 2. The highest BCUT2D eigenvalue weighted by Gasteiger charge is 2.49. The molecule has 0 spiro atoms. The molecule has 2 rings (SSSR count). The van der Waals surface area contributed by atoms with E-state index in [1.54, 1.807) is 0 Å². The van der Waals surface area contributed by atoms with Crippen molar-refractivity contribution in [1.29, 1.82) is 0 Å². The quantitative estimate of drug-likeness (QED) is 0.164. The van der Waals surface area contributed by atoms with Crippen molar-refractivity contribution in [2.24, 2.45) is 0 Å². The van der Waals surface area contributed by atoms with E-state index in [1.165, 1.54) is 24.2 Å². The second kappa shape index (κ2) is 12.2. The number of ether oxygens (including phenoxy) is 2. The largest absolute Gasteiger partial charge is 0.481 e. The molecule has 1 heterocycles. The van der Waals surface area contributed by atoms with Gasteiger partial charge in [0.2, 0.25) is 12.9 Å². The zero-order valence-corrected chi connectivity index (χ0v) is 20.9. The summed E-state index contributed by atoms with van der Waals surface area (Å²) in [7, 11) is 1.45. The van der Waals surface area contributed by atoms with Crippen molar-refractivity contribution >= 4 is 29.6 Å². The lowest BCUT2D eigenvalue weighted by atomic mass is 9.85.